The number of hydrogen-bond acceptors (Lipinski definition) is 5. The molecule has 0 bridgehead atoms. The molecule has 1 aromatic rings. The lowest BCUT2D eigenvalue weighted by Crippen LogP contribution is -2.24. The quantitative estimate of drug-likeness (QED) is 0.867. The lowest BCUT2D eigenvalue weighted by molar-refractivity contribution is 0.0773. The first-order valence-electron chi connectivity index (χ1n) is 6.39. The van der Waals surface area contributed by atoms with E-state index in [4.69, 9.17) is 15.0 Å². The molecule has 0 amide bonds. The van der Waals surface area contributed by atoms with Crippen LogP contribution in [0.1, 0.15) is 56.7 Å². The Balaban J connectivity index is 2.08. The maximum absolute atomic E-state index is 5.91. The van der Waals surface area contributed by atoms with Crippen LogP contribution in [-0.2, 0) is 4.74 Å². The summed E-state index contributed by atoms with van der Waals surface area (Å²) in [6.45, 7) is 5.61. The first-order chi connectivity index (χ1) is 8.22. The molecule has 1 aromatic heterocycles. The Morgan fingerprint density at radius 1 is 1.53 bits per heavy atom. The van der Waals surface area contributed by atoms with Gasteiger partial charge in [-0.15, -0.1) is 0 Å². The molecule has 2 N–H and O–H groups in total. The van der Waals surface area contributed by atoms with Gasteiger partial charge in [0.05, 0.1) is 12.5 Å². The van der Waals surface area contributed by atoms with Crippen molar-refractivity contribution >= 4 is 0 Å². The Morgan fingerprint density at radius 3 is 2.94 bits per heavy atom. The molecule has 1 aliphatic rings. The highest BCUT2D eigenvalue weighted by Gasteiger charge is 2.25. The number of nitrogens with two attached hydrogens (primary N) is 1. The smallest absolute Gasteiger partial charge is 0.231 e. The molecule has 17 heavy (non-hydrogen) atoms. The fourth-order valence-corrected chi connectivity index (χ4v) is 2.28. The van der Waals surface area contributed by atoms with Gasteiger partial charge < -0.3 is 15.0 Å². The van der Waals surface area contributed by atoms with Gasteiger partial charge >= 0.3 is 0 Å². The van der Waals surface area contributed by atoms with Crippen LogP contribution in [0.15, 0.2) is 4.52 Å². The molecule has 2 rings (SSSR count). The van der Waals surface area contributed by atoms with Crippen molar-refractivity contribution < 1.29 is 9.26 Å². The number of rotatable bonds is 4. The van der Waals surface area contributed by atoms with E-state index in [2.05, 4.69) is 17.1 Å². The lowest BCUT2D eigenvalue weighted by Gasteiger charge is -2.18. The van der Waals surface area contributed by atoms with E-state index in [0.717, 1.165) is 31.7 Å². The summed E-state index contributed by atoms with van der Waals surface area (Å²) in [5, 5.41) is 4.07. The van der Waals surface area contributed by atoms with Crippen LogP contribution in [0.2, 0.25) is 0 Å². The van der Waals surface area contributed by atoms with Gasteiger partial charge in [0.2, 0.25) is 5.89 Å². The molecule has 0 aromatic carbocycles. The molecule has 0 spiro atoms. The van der Waals surface area contributed by atoms with E-state index < -0.39 is 0 Å². The van der Waals surface area contributed by atoms with Crippen molar-refractivity contribution in [1.29, 1.82) is 0 Å². The number of hydrogen-bond donors (Lipinski definition) is 1. The summed E-state index contributed by atoms with van der Waals surface area (Å²) in [7, 11) is 0. The highest BCUT2D eigenvalue weighted by molar-refractivity contribution is 5.01. The minimum atomic E-state index is 0.0379. The summed E-state index contributed by atoms with van der Waals surface area (Å²) in [5.41, 5.74) is 5.91. The van der Waals surface area contributed by atoms with Gasteiger partial charge in [-0.05, 0) is 26.2 Å². The Morgan fingerprint density at radius 2 is 2.35 bits per heavy atom. The summed E-state index contributed by atoms with van der Waals surface area (Å²) < 4.78 is 10.8. The van der Waals surface area contributed by atoms with Gasteiger partial charge in [-0.1, -0.05) is 12.1 Å². The first kappa shape index (κ1) is 12.5. The van der Waals surface area contributed by atoms with Crippen LogP contribution >= 0.6 is 0 Å². The molecular weight excluding hydrogens is 218 g/mol. The monoisotopic (exact) mass is 239 g/mol. The zero-order valence-electron chi connectivity index (χ0n) is 10.6. The lowest BCUT2D eigenvalue weighted by atomic mass is 9.98. The van der Waals surface area contributed by atoms with Gasteiger partial charge in [0.1, 0.15) is 0 Å². The van der Waals surface area contributed by atoms with Gasteiger partial charge in [-0.25, -0.2) is 0 Å². The zero-order chi connectivity index (χ0) is 12.3. The predicted molar refractivity (Wildman–Crippen MR) is 63.8 cm³/mol. The van der Waals surface area contributed by atoms with Crippen LogP contribution in [0.4, 0.5) is 0 Å². The van der Waals surface area contributed by atoms with Crippen LogP contribution in [0.25, 0.3) is 0 Å². The van der Waals surface area contributed by atoms with E-state index in [1.165, 1.54) is 0 Å². The van der Waals surface area contributed by atoms with Gasteiger partial charge in [-0.3, -0.25) is 0 Å². The van der Waals surface area contributed by atoms with Gasteiger partial charge in [0.25, 0.3) is 0 Å². The Kier molecular flexibility index (Phi) is 4.12. The molecule has 5 heteroatoms. The van der Waals surface area contributed by atoms with Crippen molar-refractivity contribution in [1.82, 2.24) is 10.1 Å². The molecule has 1 aliphatic heterocycles. The van der Waals surface area contributed by atoms with Crippen molar-refractivity contribution in [3.63, 3.8) is 0 Å². The first-order valence-corrected chi connectivity index (χ1v) is 6.39. The molecule has 0 radical (unpaired) electrons. The molecule has 0 aliphatic carbocycles. The third-order valence-corrected chi connectivity index (χ3v) is 3.37. The van der Waals surface area contributed by atoms with Crippen LogP contribution < -0.4 is 5.73 Å². The minimum Gasteiger partial charge on any atom is -0.381 e. The van der Waals surface area contributed by atoms with E-state index in [0.29, 0.717) is 12.5 Å². The van der Waals surface area contributed by atoms with E-state index in [-0.39, 0.29) is 17.9 Å². The second-order valence-corrected chi connectivity index (χ2v) is 4.78. The van der Waals surface area contributed by atoms with E-state index in [1.807, 2.05) is 6.92 Å². The summed E-state index contributed by atoms with van der Waals surface area (Å²) in [5.74, 6) is 1.88. The third kappa shape index (κ3) is 2.84. The summed E-state index contributed by atoms with van der Waals surface area (Å²) >= 11 is 0. The van der Waals surface area contributed by atoms with Crippen molar-refractivity contribution in [3.8, 4) is 0 Å². The van der Waals surface area contributed by atoms with Crippen LogP contribution in [0.3, 0.4) is 0 Å². The Hall–Kier alpha value is -0.940. The van der Waals surface area contributed by atoms with E-state index in [1.54, 1.807) is 0 Å². The normalized spacial score (nSPS) is 24.5. The molecule has 1 fully saturated rings. The highest BCUT2D eigenvalue weighted by Crippen LogP contribution is 2.26. The average molecular weight is 239 g/mol. The van der Waals surface area contributed by atoms with Crippen LogP contribution in [0, 0.1) is 0 Å². The molecule has 0 saturated carbocycles. The predicted octanol–water partition coefficient (Wildman–Crippen LogP) is 1.80. The fraction of sp³-hybridized carbons (Fsp3) is 0.833. The maximum Gasteiger partial charge on any atom is 0.231 e. The van der Waals surface area contributed by atoms with Crippen molar-refractivity contribution in [2.75, 3.05) is 13.2 Å². The van der Waals surface area contributed by atoms with Crippen molar-refractivity contribution in [2.24, 2.45) is 5.73 Å². The van der Waals surface area contributed by atoms with Gasteiger partial charge in [-0.2, -0.15) is 4.98 Å². The van der Waals surface area contributed by atoms with Gasteiger partial charge in [0.15, 0.2) is 5.82 Å². The van der Waals surface area contributed by atoms with Crippen molar-refractivity contribution in [3.05, 3.63) is 11.7 Å². The third-order valence-electron chi connectivity index (χ3n) is 3.37. The molecule has 5 nitrogen and oxygen atoms in total. The standard InChI is InChI=1S/C12H21N3O2/c1-3-10(8(2)13)12-14-11(15-17-12)9-5-4-6-16-7-9/h8-10H,3-7,13H2,1-2H3. The topological polar surface area (TPSA) is 74.2 Å². The molecule has 96 valence electrons. The molecular formula is C12H21N3O2. The number of nitrogens with zero attached hydrogens (tertiary/aromatic N) is 2. The van der Waals surface area contributed by atoms with Gasteiger partial charge in [0, 0.05) is 18.6 Å². The number of ether oxygens (including phenoxy) is 1. The SMILES string of the molecule is CCC(c1nc(C2CCCOC2)no1)C(C)N. The number of aromatic nitrogens is 2. The largest absolute Gasteiger partial charge is 0.381 e. The zero-order valence-corrected chi connectivity index (χ0v) is 10.6. The summed E-state index contributed by atoms with van der Waals surface area (Å²) in [6, 6.07) is 0.0379. The van der Waals surface area contributed by atoms with E-state index >= 15 is 0 Å². The average Bonchev–Trinajstić information content (AvgIpc) is 2.80. The summed E-state index contributed by atoms with van der Waals surface area (Å²) in [4.78, 5) is 4.49. The molecule has 1 saturated heterocycles. The molecule has 3 unspecified atom stereocenters. The maximum atomic E-state index is 5.91. The van der Waals surface area contributed by atoms with Crippen LogP contribution in [0.5, 0.6) is 0 Å². The second-order valence-electron chi connectivity index (χ2n) is 4.78. The second kappa shape index (κ2) is 5.60. The highest BCUT2D eigenvalue weighted by atomic mass is 16.5. The Bertz CT molecular complexity index is 345. The van der Waals surface area contributed by atoms with Crippen LogP contribution in [-0.4, -0.2) is 29.4 Å². The molecule has 3 atom stereocenters. The molecule has 2 heterocycles. The Labute approximate surface area is 102 Å². The van der Waals surface area contributed by atoms with E-state index in [9.17, 15) is 0 Å². The fourth-order valence-electron chi connectivity index (χ4n) is 2.28. The summed E-state index contributed by atoms with van der Waals surface area (Å²) in [6.07, 6.45) is 3.06. The van der Waals surface area contributed by atoms with Crippen molar-refractivity contribution in [2.45, 2.75) is 51.0 Å². The minimum absolute atomic E-state index is 0.0379.